The first kappa shape index (κ1) is 15.6. The van der Waals surface area contributed by atoms with Gasteiger partial charge in [0.15, 0.2) is 0 Å². The summed E-state index contributed by atoms with van der Waals surface area (Å²) in [6.07, 6.45) is 5.54. The maximum absolute atomic E-state index is 12.3. The molecule has 0 radical (unpaired) electrons. The largest absolute Gasteiger partial charge is 0.381 e. The second-order valence-electron chi connectivity index (χ2n) is 7.16. The van der Waals surface area contributed by atoms with E-state index in [4.69, 9.17) is 4.74 Å². The van der Waals surface area contributed by atoms with Gasteiger partial charge in [-0.25, -0.2) is 0 Å². The molecule has 3 aliphatic rings. The zero-order valence-electron chi connectivity index (χ0n) is 13.8. The fourth-order valence-corrected chi connectivity index (χ4v) is 4.06. The molecule has 7 heteroatoms. The van der Waals surface area contributed by atoms with Gasteiger partial charge in [-0.3, -0.25) is 14.3 Å². The van der Waals surface area contributed by atoms with Crippen LogP contribution in [-0.4, -0.2) is 59.3 Å². The lowest BCUT2D eigenvalue weighted by Gasteiger charge is -2.23. The standard InChI is InChI=1S/C17H24N4O3/c22-15(11-21-5-1-4-19-21)20-9-13-14(10-20)16(13)17(23)18-8-12-2-6-24-7-3-12/h1,4-5,12-14,16H,2-3,6-11H2,(H,18,23)/t13-,14-/m0/s1. The third-order valence-corrected chi connectivity index (χ3v) is 5.61. The molecule has 2 atom stereocenters. The topological polar surface area (TPSA) is 76.5 Å². The van der Waals surface area contributed by atoms with Gasteiger partial charge in [0.1, 0.15) is 6.54 Å². The summed E-state index contributed by atoms with van der Waals surface area (Å²) in [6, 6.07) is 1.81. The van der Waals surface area contributed by atoms with Crippen LogP contribution >= 0.6 is 0 Å². The van der Waals surface area contributed by atoms with Crippen LogP contribution in [0.15, 0.2) is 18.5 Å². The molecule has 3 heterocycles. The predicted octanol–water partition coefficient (Wildman–Crippen LogP) is 0.130. The molecular formula is C17H24N4O3. The third-order valence-electron chi connectivity index (χ3n) is 5.61. The Morgan fingerprint density at radius 1 is 1.21 bits per heavy atom. The van der Waals surface area contributed by atoms with Crippen LogP contribution in [0.5, 0.6) is 0 Å². The van der Waals surface area contributed by atoms with Gasteiger partial charge < -0.3 is 15.0 Å². The molecule has 7 nitrogen and oxygen atoms in total. The van der Waals surface area contributed by atoms with E-state index in [1.807, 2.05) is 11.0 Å². The van der Waals surface area contributed by atoms with Crippen molar-refractivity contribution < 1.29 is 14.3 Å². The summed E-state index contributed by atoms with van der Waals surface area (Å²) < 4.78 is 6.99. The number of nitrogens with zero attached hydrogens (tertiary/aromatic N) is 3. The Balaban J connectivity index is 1.20. The Labute approximate surface area is 141 Å². The zero-order valence-corrected chi connectivity index (χ0v) is 13.8. The number of likely N-dealkylation sites (tertiary alicyclic amines) is 1. The van der Waals surface area contributed by atoms with Crippen molar-refractivity contribution in [1.82, 2.24) is 20.0 Å². The molecule has 1 aromatic rings. The number of amides is 2. The van der Waals surface area contributed by atoms with Gasteiger partial charge >= 0.3 is 0 Å². The van der Waals surface area contributed by atoms with Crippen LogP contribution in [0.4, 0.5) is 0 Å². The van der Waals surface area contributed by atoms with Gasteiger partial charge in [0.2, 0.25) is 11.8 Å². The Morgan fingerprint density at radius 2 is 1.96 bits per heavy atom. The molecule has 1 aliphatic carbocycles. The molecule has 0 bridgehead atoms. The maximum Gasteiger partial charge on any atom is 0.244 e. The highest BCUT2D eigenvalue weighted by Crippen LogP contribution is 2.51. The second kappa shape index (κ2) is 6.55. The van der Waals surface area contributed by atoms with Crippen LogP contribution < -0.4 is 5.32 Å². The molecule has 4 rings (SSSR count). The van der Waals surface area contributed by atoms with Gasteiger partial charge in [0, 0.05) is 51.2 Å². The van der Waals surface area contributed by atoms with Crippen LogP contribution in [-0.2, 0) is 20.9 Å². The van der Waals surface area contributed by atoms with Gasteiger partial charge in [-0.1, -0.05) is 0 Å². The Hall–Kier alpha value is -1.89. The summed E-state index contributed by atoms with van der Waals surface area (Å²) in [7, 11) is 0. The highest BCUT2D eigenvalue weighted by molar-refractivity contribution is 5.84. The van der Waals surface area contributed by atoms with E-state index < -0.39 is 0 Å². The second-order valence-corrected chi connectivity index (χ2v) is 7.16. The van der Waals surface area contributed by atoms with E-state index in [1.165, 1.54) is 0 Å². The molecule has 0 unspecified atom stereocenters. The summed E-state index contributed by atoms with van der Waals surface area (Å²) in [6.45, 7) is 4.08. The van der Waals surface area contributed by atoms with Crippen molar-refractivity contribution in [1.29, 1.82) is 0 Å². The summed E-state index contributed by atoms with van der Waals surface area (Å²) in [5.74, 6) is 1.62. The van der Waals surface area contributed by atoms with E-state index in [-0.39, 0.29) is 24.3 Å². The zero-order chi connectivity index (χ0) is 16.5. The van der Waals surface area contributed by atoms with E-state index in [0.717, 1.165) is 32.6 Å². The van der Waals surface area contributed by atoms with Crippen molar-refractivity contribution in [3.8, 4) is 0 Å². The van der Waals surface area contributed by atoms with Crippen LogP contribution in [0, 0.1) is 23.7 Å². The average molecular weight is 332 g/mol. The fraction of sp³-hybridized carbons (Fsp3) is 0.706. The lowest BCUT2D eigenvalue weighted by Crippen LogP contribution is -2.38. The number of carbonyl (C=O) groups is 2. The molecular weight excluding hydrogens is 308 g/mol. The lowest BCUT2D eigenvalue weighted by atomic mass is 10.0. The number of hydrogen-bond acceptors (Lipinski definition) is 4. The number of ether oxygens (including phenoxy) is 1. The molecule has 1 N–H and O–H groups in total. The molecule has 2 aliphatic heterocycles. The van der Waals surface area contributed by atoms with Crippen molar-refractivity contribution in [2.24, 2.45) is 23.7 Å². The van der Waals surface area contributed by atoms with Crippen molar-refractivity contribution >= 4 is 11.8 Å². The third kappa shape index (κ3) is 3.17. The minimum atomic E-state index is 0.0901. The summed E-state index contributed by atoms with van der Waals surface area (Å²) in [4.78, 5) is 26.4. The highest BCUT2D eigenvalue weighted by atomic mass is 16.5. The van der Waals surface area contributed by atoms with Crippen LogP contribution in [0.3, 0.4) is 0 Å². The molecule has 0 spiro atoms. The normalized spacial score (nSPS) is 29.3. The smallest absolute Gasteiger partial charge is 0.244 e. The Kier molecular flexibility index (Phi) is 4.26. The summed E-state index contributed by atoms with van der Waals surface area (Å²) in [5, 5.41) is 7.18. The first-order valence-electron chi connectivity index (χ1n) is 8.83. The van der Waals surface area contributed by atoms with Gasteiger partial charge in [-0.05, 0) is 36.7 Å². The van der Waals surface area contributed by atoms with E-state index in [0.29, 0.717) is 30.8 Å². The van der Waals surface area contributed by atoms with E-state index in [9.17, 15) is 9.59 Å². The molecule has 130 valence electrons. The average Bonchev–Trinajstić information content (AvgIpc) is 2.99. The molecule has 2 amide bonds. The van der Waals surface area contributed by atoms with E-state index >= 15 is 0 Å². The predicted molar refractivity (Wildman–Crippen MR) is 85.8 cm³/mol. The number of carbonyl (C=O) groups excluding carboxylic acids is 2. The first-order valence-corrected chi connectivity index (χ1v) is 8.83. The number of rotatable bonds is 5. The quantitative estimate of drug-likeness (QED) is 0.832. The number of piperidine rings is 1. The lowest BCUT2D eigenvalue weighted by molar-refractivity contribution is -0.132. The monoisotopic (exact) mass is 332 g/mol. The van der Waals surface area contributed by atoms with Crippen LogP contribution in [0.2, 0.25) is 0 Å². The number of hydrogen-bond donors (Lipinski definition) is 1. The minimum absolute atomic E-state index is 0.0901. The maximum atomic E-state index is 12.3. The van der Waals surface area contributed by atoms with Gasteiger partial charge in [-0.15, -0.1) is 0 Å². The van der Waals surface area contributed by atoms with Crippen molar-refractivity contribution in [2.45, 2.75) is 19.4 Å². The first-order chi connectivity index (χ1) is 11.7. The van der Waals surface area contributed by atoms with E-state index in [1.54, 1.807) is 17.1 Å². The Morgan fingerprint density at radius 3 is 2.62 bits per heavy atom. The molecule has 2 saturated heterocycles. The molecule has 1 saturated carbocycles. The van der Waals surface area contributed by atoms with Gasteiger partial charge in [-0.2, -0.15) is 5.10 Å². The van der Waals surface area contributed by atoms with E-state index in [2.05, 4.69) is 10.4 Å². The molecule has 24 heavy (non-hydrogen) atoms. The van der Waals surface area contributed by atoms with Crippen molar-refractivity contribution in [2.75, 3.05) is 32.8 Å². The fourth-order valence-electron chi connectivity index (χ4n) is 4.06. The van der Waals surface area contributed by atoms with Crippen molar-refractivity contribution in [3.05, 3.63) is 18.5 Å². The van der Waals surface area contributed by atoms with Crippen molar-refractivity contribution in [3.63, 3.8) is 0 Å². The SMILES string of the molecule is O=C(NCC1CCOCC1)C1[C@H]2CN(C(=O)Cn3cccn3)C[C@H]12. The summed E-state index contributed by atoms with van der Waals surface area (Å²) >= 11 is 0. The highest BCUT2D eigenvalue weighted by Gasteiger charge is 2.60. The molecule has 3 fully saturated rings. The molecule has 0 aromatic carbocycles. The van der Waals surface area contributed by atoms with Gasteiger partial charge in [0.25, 0.3) is 0 Å². The minimum Gasteiger partial charge on any atom is -0.381 e. The molecule has 1 aromatic heterocycles. The number of aromatic nitrogens is 2. The summed E-state index contributed by atoms with van der Waals surface area (Å²) in [5.41, 5.74) is 0. The Bertz CT molecular complexity index is 585. The van der Waals surface area contributed by atoms with Crippen LogP contribution in [0.1, 0.15) is 12.8 Å². The number of fused-ring (bicyclic) bond motifs is 1. The van der Waals surface area contributed by atoms with Gasteiger partial charge in [0.05, 0.1) is 0 Å². The van der Waals surface area contributed by atoms with Crippen LogP contribution in [0.25, 0.3) is 0 Å². The number of nitrogens with one attached hydrogen (secondary N) is 1.